The minimum Gasteiger partial charge on any atom is -0.463 e. The molecule has 5 nitrogen and oxygen atoms in total. The van der Waals surface area contributed by atoms with E-state index < -0.39 is 0 Å². The zero-order valence-electron chi connectivity index (χ0n) is 20.3. The number of esters is 1. The summed E-state index contributed by atoms with van der Waals surface area (Å²) in [5.41, 5.74) is 2.05. The van der Waals surface area contributed by atoms with E-state index in [1.54, 1.807) is 11.3 Å². The quantitative estimate of drug-likeness (QED) is 0.123. The van der Waals surface area contributed by atoms with Crippen molar-refractivity contribution in [1.29, 1.82) is 0 Å². The van der Waals surface area contributed by atoms with E-state index in [1.165, 1.54) is 77.0 Å². The van der Waals surface area contributed by atoms with Crippen LogP contribution in [0.5, 0.6) is 0 Å². The van der Waals surface area contributed by atoms with E-state index >= 15 is 0 Å². The number of thiazole rings is 1. The summed E-state index contributed by atoms with van der Waals surface area (Å²) in [6, 6.07) is 0. The van der Waals surface area contributed by atoms with Crippen molar-refractivity contribution >= 4 is 17.3 Å². The standard InChI is InChI=1S/C26H46NO4S/c1-2-3-4-5-6-7-8-9-10-11-12-13-14-17-26-30-22-24(31-26)21-29-25(28)16-15-18-27-19-20-32-23-27/h19-20,23-24,26H,2-18,21-22H2,1H3/q+1/t24-,26-/m1/s1. The van der Waals surface area contributed by atoms with Gasteiger partial charge in [-0.2, -0.15) is 4.57 Å². The number of aryl methyl sites for hydroxylation is 1. The van der Waals surface area contributed by atoms with Gasteiger partial charge in [0.15, 0.2) is 12.5 Å². The number of carbonyl (C=O) groups excluding carboxylic acids is 1. The average molecular weight is 469 g/mol. The minimum absolute atomic E-state index is 0.114. The Bertz CT molecular complexity index is 566. The van der Waals surface area contributed by atoms with Gasteiger partial charge in [-0.1, -0.05) is 95.3 Å². The highest BCUT2D eigenvalue weighted by atomic mass is 32.1. The summed E-state index contributed by atoms with van der Waals surface area (Å²) in [5, 5.41) is 2.03. The normalized spacial score (nSPS) is 18.3. The predicted molar refractivity (Wildman–Crippen MR) is 130 cm³/mol. The van der Waals surface area contributed by atoms with Crippen LogP contribution < -0.4 is 4.57 Å². The largest absolute Gasteiger partial charge is 0.463 e. The highest BCUT2D eigenvalue weighted by Crippen LogP contribution is 2.19. The van der Waals surface area contributed by atoms with E-state index in [0.717, 1.165) is 25.8 Å². The molecule has 0 radical (unpaired) electrons. The zero-order chi connectivity index (χ0) is 22.7. The number of carbonyl (C=O) groups is 1. The second-order valence-corrected chi connectivity index (χ2v) is 9.86. The SMILES string of the molecule is CCCCCCCCCCCCCCC[C@@H]1OC[C@@H](COC(=O)CCC[n+]2ccsc2)O1. The molecular weight excluding hydrogens is 422 g/mol. The molecule has 1 aromatic rings. The number of hydrogen-bond acceptors (Lipinski definition) is 5. The van der Waals surface area contributed by atoms with Crippen LogP contribution >= 0.6 is 11.3 Å². The van der Waals surface area contributed by atoms with Crippen LogP contribution in [0.3, 0.4) is 0 Å². The Morgan fingerprint density at radius 3 is 2.25 bits per heavy atom. The van der Waals surface area contributed by atoms with Crippen LogP contribution in [0.25, 0.3) is 0 Å². The van der Waals surface area contributed by atoms with E-state index in [1.807, 2.05) is 17.1 Å². The van der Waals surface area contributed by atoms with Gasteiger partial charge in [0.2, 0.25) is 5.51 Å². The van der Waals surface area contributed by atoms with Gasteiger partial charge in [-0.25, -0.2) is 0 Å². The van der Waals surface area contributed by atoms with Crippen LogP contribution in [0.15, 0.2) is 17.1 Å². The third kappa shape index (κ3) is 13.5. The van der Waals surface area contributed by atoms with E-state index in [9.17, 15) is 4.79 Å². The molecule has 0 bridgehead atoms. The molecule has 0 aromatic carbocycles. The van der Waals surface area contributed by atoms with Gasteiger partial charge >= 0.3 is 5.97 Å². The lowest BCUT2D eigenvalue weighted by Gasteiger charge is -2.12. The Kier molecular flexibility index (Phi) is 15.7. The monoisotopic (exact) mass is 468 g/mol. The highest BCUT2D eigenvalue weighted by molar-refractivity contribution is 7.07. The Labute approximate surface area is 199 Å². The maximum atomic E-state index is 11.9. The van der Waals surface area contributed by atoms with Gasteiger partial charge in [-0.15, -0.1) is 0 Å². The first kappa shape index (κ1) is 27.3. The molecule has 1 aliphatic rings. The summed E-state index contributed by atoms with van der Waals surface area (Å²) in [5.74, 6) is -0.149. The molecule has 0 unspecified atom stereocenters. The Morgan fingerprint density at radius 1 is 0.969 bits per heavy atom. The van der Waals surface area contributed by atoms with Crippen molar-refractivity contribution in [3.05, 3.63) is 17.1 Å². The van der Waals surface area contributed by atoms with Crippen LogP contribution in [-0.4, -0.2) is 31.6 Å². The third-order valence-corrected chi connectivity index (χ3v) is 6.78. The molecule has 1 aromatic heterocycles. The number of hydrogen-bond donors (Lipinski definition) is 0. The molecule has 6 heteroatoms. The molecular formula is C26H46NO4S+. The topological polar surface area (TPSA) is 48.6 Å². The minimum atomic E-state index is -0.149. The first-order valence-electron chi connectivity index (χ1n) is 13.1. The molecule has 184 valence electrons. The van der Waals surface area contributed by atoms with Gasteiger partial charge in [0.05, 0.1) is 18.4 Å². The van der Waals surface area contributed by atoms with Crippen molar-refractivity contribution < 1.29 is 23.6 Å². The number of unbranched alkanes of at least 4 members (excludes halogenated alkanes) is 12. The maximum Gasteiger partial charge on any atom is 0.306 e. The molecule has 1 aliphatic heterocycles. The molecule has 2 rings (SSSR count). The van der Waals surface area contributed by atoms with Crippen LogP contribution in [-0.2, 0) is 25.5 Å². The Balaban J connectivity index is 1.33. The summed E-state index contributed by atoms with van der Waals surface area (Å²) in [7, 11) is 0. The molecule has 0 aliphatic carbocycles. The van der Waals surface area contributed by atoms with E-state index in [2.05, 4.69) is 11.5 Å². The summed E-state index contributed by atoms with van der Waals surface area (Å²) in [6.45, 7) is 3.96. The van der Waals surface area contributed by atoms with Gasteiger partial charge in [-0.3, -0.25) is 4.79 Å². The van der Waals surface area contributed by atoms with E-state index in [0.29, 0.717) is 19.6 Å². The van der Waals surface area contributed by atoms with Crippen LogP contribution in [0.4, 0.5) is 0 Å². The predicted octanol–water partition coefficient (Wildman–Crippen LogP) is 6.58. The Morgan fingerprint density at radius 2 is 1.62 bits per heavy atom. The van der Waals surface area contributed by atoms with Crippen molar-refractivity contribution in [3.8, 4) is 0 Å². The number of ether oxygens (including phenoxy) is 3. The lowest BCUT2D eigenvalue weighted by Crippen LogP contribution is -2.30. The van der Waals surface area contributed by atoms with Crippen molar-refractivity contribution in [2.24, 2.45) is 0 Å². The summed E-state index contributed by atoms with van der Waals surface area (Å²) in [4.78, 5) is 11.9. The van der Waals surface area contributed by atoms with Gasteiger partial charge in [0.25, 0.3) is 0 Å². The zero-order valence-corrected chi connectivity index (χ0v) is 21.1. The van der Waals surface area contributed by atoms with Crippen molar-refractivity contribution in [2.75, 3.05) is 13.2 Å². The highest BCUT2D eigenvalue weighted by Gasteiger charge is 2.26. The lowest BCUT2D eigenvalue weighted by atomic mass is 10.0. The first-order valence-corrected chi connectivity index (χ1v) is 14.1. The summed E-state index contributed by atoms with van der Waals surface area (Å²) >= 11 is 1.66. The van der Waals surface area contributed by atoms with Gasteiger partial charge in [-0.05, 0) is 12.8 Å². The first-order chi connectivity index (χ1) is 15.8. The third-order valence-electron chi connectivity index (χ3n) is 6.11. The molecule has 0 spiro atoms. The lowest BCUT2D eigenvalue weighted by molar-refractivity contribution is -0.692. The fraction of sp³-hybridized carbons (Fsp3) is 0.846. The maximum absolute atomic E-state index is 11.9. The number of rotatable bonds is 20. The average Bonchev–Trinajstić information content (AvgIpc) is 3.48. The van der Waals surface area contributed by atoms with E-state index in [-0.39, 0.29) is 18.4 Å². The molecule has 0 N–H and O–H groups in total. The molecule has 0 amide bonds. The van der Waals surface area contributed by atoms with Crippen molar-refractivity contribution in [2.45, 2.75) is 129 Å². The Hall–Kier alpha value is -0.980. The summed E-state index contributed by atoms with van der Waals surface area (Å²) < 4.78 is 19.1. The summed E-state index contributed by atoms with van der Waals surface area (Å²) in [6.07, 6.45) is 21.7. The molecule has 32 heavy (non-hydrogen) atoms. The van der Waals surface area contributed by atoms with Gasteiger partial charge in [0, 0.05) is 6.42 Å². The fourth-order valence-electron chi connectivity index (χ4n) is 4.13. The molecule has 2 heterocycles. The van der Waals surface area contributed by atoms with Crippen molar-refractivity contribution in [1.82, 2.24) is 0 Å². The van der Waals surface area contributed by atoms with Crippen molar-refractivity contribution in [3.63, 3.8) is 0 Å². The second kappa shape index (κ2) is 18.4. The number of nitrogens with zero attached hydrogens (tertiary/aromatic N) is 1. The molecule has 1 saturated heterocycles. The number of aromatic nitrogens is 1. The molecule has 2 atom stereocenters. The van der Waals surface area contributed by atoms with E-state index in [4.69, 9.17) is 14.2 Å². The van der Waals surface area contributed by atoms with Crippen LogP contribution in [0.2, 0.25) is 0 Å². The molecule has 1 fully saturated rings. The molecule has 0 saturated carbocycles. The van der Waals surface area contributed by atoms with Crippen LogP contribution in [0, 0.1) is 0 Å². The van der Waals surface area contributed by atoms with Crippen LogP contribution in [0.1, 0.15) is 110 Å². The van der Waals surface area contributed by atoms with Gasteiger partial charge in [0.1, 0.15) is 19.3 Å². The fourth-order valence-corrected chi connectivity index (χ4v) is 4.76. The van der Waals surface area contributed by atoms with Gasteiger partial charge < -0.3 is 14.2 Å². The second-order valence-electron chi connectivity index (χ2n) is 9.10. The smallest absolute Gasteiger partial charge is 0.306 e.